The minimum atomic E-state index is 0.301. The number of hydrogen-bond acceptors (Lipinski definition) is 1. The lowest BCUT2D eigenvalue weighted by molar-refractivity contribution is -0.117. The summed E-state index contributed by atoms with van der Waals surface area (Å²) < 4.78 is 0. The molecular weight excluding hydrogens is 363 g/mol. The highest BCUT2D eigenvalue weighted by molar-refractivity contribution is 6.53. The number of Topliss-reactive ketones (excluding diaryl/α,β-unsaturated/α-hetero) is 1. The summed E-state index contributed by atoms with van der Waals surface area (Å²) in [5.74, 6) is 3.88. The van der Waals surface area contributed by atoms with Gasteiger partial charge in [-0.15, -0.1) is 0 Å². The molecule has 0 aromatic heterocycles. The second-order valence-electron chi connectivity index (χ2n) is 8.95. The Morgan fingerprint density at radius 2 is 1.83 bits per heavy atom. The van der Waals surface area contributed by atoms with E-state index in [4.69, 9.17) is 0 Å². The van der Waals surface area contributed by atoms with Crippen molar-refractivity contribution in [3.05, 3.63) is 54.6 Å². The summed E-state index contributed by atoms with van der Waals surface area (Å²) in [4.78, 5) is 11.0. The van der Waals surface area contributed by atoms with Crippen molar-refractivity contribution in [2.24, 2.45) is 29.6 Å². The highest BCUT2D eigenvalue weighted by Gasteiger charge is 2.36. The Morgan fingerprint density at radius 1 is 1.13 bits per heavy atom. The lowest BCUT2D eigenvalue weighted by Gasteiger charge is -2.21. The number of carbonyl (C=O) groups excluding carboxylic acids is 1. The van der Waals surface area contributed by atoms with Crippen molar-refractivity contribution in [2.45, 2.75) is 80.0 Å². The number of carbonyl (C=O) groups is 1. The highest BCUT2D eigenvalue weighted by atomic mass is 16.1. The average molecular weight is 407 g/mol. The molecule has 30 heavy (non-hydrogen) atoms. The predicted molar refractivity (Wildman–Crippen MR) is 135 cm³/mol. The number of rotatable bonds is 11. The lowest BCUT2D eigenvalue weighted by atomic mass is 9.64. The number of ketones is 1. The Balaban J connectivity index is 0.00000218. The van der Waals surface area contributed by atoms with Crippen LogP contribution in [0.25, 0.3) is 0 Å². The third-order valence-electron chi connectivity index (χ3n) is 6.29. The summed E-state index contributed by atoms with van der Waals surface area (Å²) in [6.07, 6.45) is 16.0. The molecule has 0 saturated heterocycles. The van der Waals surface area contributed by atoms with Crippen LogP contribution < -0.4 is 5.46 Å². The van der Waals surface area contributed by atoms with E-state index in [9.17, 15) is 4.79 Å². The molecule has 1 aromatic rings. The molecule has 5 atom stereocenters. The largest absolute Gasteiger partial charge is 0.300 e. The van der Waals surface area contributed by atoms with Crippen molar-refractivity contribution in [1.82, 2.24) is 0 Å². The van der Waals surface area contributed by atoms with Gasteiger partial charge in [-0.3, -0.25) is 0 Å². The average Bonchev–Trinajstić information content (AvgIpc) is 3.01. The fraction of sp³-hybridized carbons (Fsp3) is 0.607. The fourth-order valence-corrected chi connectivity index (χ4v) is 4.59. The molecule has 2 rings (SSSR count). The highest BCUT2D eigenvalue weighted by Crippen LogP contribution is 2.44. The van der Waals surface area contributed by atoms with Gasteiger partial charge in [-0.25, -0.2) is 0 Å². The van der Waals surface area contributed by atoms with Crippen LogP contribution in [0.2, 0.25) is 6.32 Å². The minimum absolute atomic E-state index is 0.301. The van der Waals surface area contributed by atoms with Crippen molar-refractivity contribution in [2.75, 3.05) is 0 Å². The summed E-state index contributed by atoms with van der Waals surface area (Å²) in [7, 11) is 2.34. The third kappa shape index (κ3) is 9.96. The normalized spacial score (nSPS) is 24.6. The molecule has 1 nitrogen and oxygen atoms in total. The molecular formula is C28H44BO. The SMILES string of the molecule is CC.CC(=O)CCCC=CC[C@@H]1[C@@H](C=C[C@@H](C)C[B]c2ccccc2)[C@H](C)C[C@@H]1C. The molecule has 1 aliphatic carbocycles. The molecule has 165 valence electrons. The van der Waals surface area contributed by atoms with Crippen LogP contribution in [-0.2, 0) is 4.79 Å². The third-order valence-corrected chi connectivity index (χ3v) is 6.29. The van der Waals surface area contributed by atoms with E-state index in [1.807, 2.05) is 13.8 Å². The van der Waals surface area contributed by atoms with E-state index in [2.05, 4.69) is 82.7 Å². The van der Waals surface area contributed by atoms with Crippen LogP contribution in [0, 0.1) is 29.6 Å². The summed E-state index contributed by atoms with van der Waals surface area (Å²) in [5.41, 5.74) is 1.32. The molecule has 0 N–H and O–H groups in total. The number of benzene rings is 1. The van der Waals surface area contributed by atoms with E-state index in [1.54, 1.807) is 6.92 Å². The van der Waals surface area contributed by atoms with Crippen LogP contribution in [0.4, 0.5) is 0 Å². The van der Waals surface area contributed by atoms with Crippen LogP contribution in [0.3, 0.4) is 0 Å². The Kier molecular flexibility index (Phi) is 13.5. The maximum absolute atomic E-state index is 11.0. The maximum atomic E-state index is 11.0. The van der Waals surface area contributed by atoms with Crippen LogP contribution in [0.1, 0.15) is 73.6 Å². The van der Waals surface area contributed by atoms with Gasteiger partial charge in [0.15, 0.2) is 7.28 Å². The van der Waals surface area contributed by atoms with Gasteiger partial charge in [-0.05, 0) is 62.2 Å². The minimum Gasteiger partial charge on any atom is -0.300 e. The zero-order valence-electron chi connectivity index (χ0n) is 20.3. The molecule has 0 bridgehead atoms. The second-order valence-corrected chi connectivity index (χ2v) is 8.95. The first-order chi connectivity index (χ1) is 14.5. The van der Waals surface area contributed by atoms with E-state index in [1.165, 1.54) is 18.3 Å². The molecule has 0 spiro atoms. The van der Waals surface area contributed by atoms with Crippen molar-refractivity contribution < 1.29 is 4.79 Å². The van der Waals surface area contributed by atoms with Gasteiger partial charge in [0, 0.05) is 6.42 Å². The van der Waals surface area contributed by atoms with Gasteiger partial charge in [-0.1, -0.05) is 101 Å². The zero-order valence-corrected chi connectivity index (χ0v) is 20.3. The van der Waals surface area contributed by atoms with E-state index in [-0.39, 0.29) is 0 Å². The number of unbranched alkanes of at least 4 members (excludes halogenated alkanes) is 1. The smallest absolute Gasteiger partial charge is 0.152 e. The molecule has 0 amide bonds. The summed E-state index contributed by atoms with van der Waals surface area (Å²) in [6.45, 7) is 12.8. The quantitative estimate of drug-likeness (QED) is 0.214. The van der Waals surface area contributed by atoms with E-state index >= 15 is 0 Å². The summed E-state index contributed by atoms with van der Waals surface area (Å²) >= 11 is 0. The first-order valence-corrected chi connectivity index (χ1v) is 12.2. The predicted octanol–water partition coefficient (Wildman–Crippen LogP) is 7.27. The summed E-state index contributed by atoms with van der Waals surface area (Å²) in [6, 6.07) is 10.6. The summed E-state index contributed by atoms with van der Waals surface area (Å²) in [5, 5.41) is 0. The van der Waals surface area contributed by atoms with Crippen molar-refractivity contribution >= 4 is 18.5 Å². The van der Waals surface area contributed by atoms with Gasteiger partial charge in [0.25, 0.3) is 0 Å². The molecule has 1 saturated carbocycles. The van der Waals surface area contributed by atoms with Crippen LogP contribution in [0.5, 0.6) is 0 Å². The van der Waals surface area contributed by atoms with Gasteiger partial charge in [-0.2, -0.15) is 0 Å². The van der Waals surface area contributed by atoms with Gasteiger partial charge in [0.2, 0.25) is 0 Å². The second kappa shape index (κ2) is 15.3. The first-order valence-electron chi connectivity index (χ1n) is 12.2. The van der Waals surface area contributed by atoms with Crippen molar-refractivity contribution in [3.63, 3.8) is 0 Å². The van der Waals surface area contributed by atoms with Gasteiger partial charge < -0.3 is 4.79 Å². The fourth-order valence-electron chi connectivity index (χ4n) is 4.59. The molecule has 1 aliphatic rings. The van der Waals surface area contributed by atoms with E-state index < -0.39 is 0 Å². The lowest BCUT2D eigenvalue weighted by Crippen LogP contribution is -2.16. The van der Waals surface area contributed by atoms with E-state index in [0.717, 1.165) is 36.9 Å². The van der Waals surface area contributed by atoms with E-state index in [0.29, 0.717) is 24.0 Å². The number of hydrogen-bond donors (Lipinski definition) is 0. The Morgan fingerprint density at radius 3 is 2.50 bits per heavy atom. The number of allylic oxidation sites excluding steroid dienone is 4. The molecule has 2 heteroatoms. The Hall–Kier alpha value is -1.57. The van der Waals surface area contributed by atoms with Crippen molar-refractivity contribution in [3.8, 4) is 0 Å². The van der Waals surface area contributed by atoms with Crippen molar-refractivity contribution in [1.29, 1.82) is 0 Å². The molecule has 1 fully saturated rings. The molecule has 1 aromatic carbocycles. The zero-order chi connectivity index (χ0) is 22.4. The topological polar surface area (TPSA) is 17.1 Å². The molecule has 0 unspecified atom stereocenters. The van der Waals surface area contributed by atoms with Crippen LogP contribution >= 0.6 is 0 Å². The van der Waals surface area contributed by atoms with Crippen LogP contribution in [0.15, 0.2) is 54.6 Å². The Labute approximate surface area is 187 Å². The molecule has 1 radical (unpaired) electrons. The molecule has 0 heterocycles. The standard InChI is InChI=1S/C26H38BO.C2H6/c1-20(19-27-24-13-9-7-10-14-24)16-17-26-22(3)18-21(2)25(26)15-11-6-5-8-12-23(4)28;1-2/h6-7,9-11,13-14,16-17,20-22,25-26H,5,8,12,15,18-19H2,1-4H3;1-2H3/t20-,21+,22-,25+,26+;/m1./s1. The van der Waals surface area contributed by atoms with Gasteiger partial charge >= 0.3 is 0 Å². The molecule has 0 aliphatic heterocycles. The first kappa shape index (κ1) is 26.5. The van der Waals surface area contributed by atoms with Gasteiger partial charge in [0.05, 0.1) is 0 Å². The monoisotopic (exact) mass is 407 g/mol. The van der Waals surface area contributed by atoms with Gasteiger partial charge in [0.1, 0.15) is 5.78 Å². The maximum Gasteiger partial charge on any atom is 0.152 e. The Bertz CT molecular complexity index is 633. The van der Waals surface area contributed by atoms with Crippen LogP contribution in [-0.4, -0.2) is 13.1 Å².